The van der Waals surface area contributed by atoms with Crippen molar-refractivity contribution in [1.29, 1.82) is 0 Å². The number of rotatable bonds is 3. The van der Waals surface area contributed by atoms with Crippen molar-refractivity contribution in [2.45, 2.75) is 25.1 Å². The molecule has 1 aliphatic rings. The Hall–Kier alpha value is -1.31. The quantitative estimate of drug-likeness (QED) is 0.635. The second-order valence-corrected chi connectivity index (χ2v) is 3.96. The van der Waals surface area contributed by atoms with Gasteiger partial charge in [0.2, 0.25) is 11.8 Å². The summed E-state index contributed by atoms with van der Waals surface area (Å²) in [6, 6.07) is -0.687. The van der Waals surface area contributed by atoms with E-state index in [1.165, 1.54) is 0 Å². The highest BCUT2D eigenvalue weighted by Crippen LogP contribution is 2.31. The van der Waals surface area contributed by atoms with Gasteiger partial charge >= 0.3 is 6.18 Å². The van der Waals surface area contributed by atoms with Crippen molar-refractivity contribution >= 4 is 11.8 Å². The van der Waals surface area contributed by atoms with Crippen LogP contribution in [0.3, 0.4) is 0 Å². The first-order chi connectivity index (χ1) is 7.80. The Kier molecular flexibility index (Phi) is 4.33. The largest absolute Gasteiger partial charge is 0.393 e. The first-order valence-corrected chi connectivity index (χ1v) is 5.17. The van der Waals surface area contributed by atoms with Crippen LogP contribution in [0.2, 0.25) is 0 Å². The molecule has 2 atom stereocenters. The zero-order valence-corrected chi connectivity index (χ0v) is 9.01. The minimum atomic E-state index is -4.23. The van der Waals surface area contributed by atoms with Gasteiger partial charge in [0.25, 0.3) is 0 Å². The third kappa shape index (κ3) is 4.22. The molecule has 8 heteroatoms. The van der Waals surface area contributed by atoms with Crippen LogP contribution in [-0.2, 0) is 9.59 Å². The van der Waals surface area contributed by atoms with E-state index in [1.54, 1.807) is 0 Å². The maximum Gasteiger partial charge on any atom is 0.393 e. The van der Waals surface area contributed by atoms with E-state index in [4.69, 9.17) is 5.73 Å². The molecule has 2 amide bonds. The summed E-state index contributed by atoms with van der Waals surface area (Å²) >= 11 is 0. The number of carbonyl (C=O) groups is 2. The average Bonchev–Trinajstić information content (AvgIpc) is 2.25. The number of hydrogen-bond donors (Lipinski definition) is 3. The molecule has 0 radical (unpaired) electrons. The van der Waals surface area contributed by atoms with Gasteiger partial charge in [-0.25, -0.2) is 0 Å². The fourth-order valence-corrected chi connectivity index (χ4v) is 1.66. The summed E-state index contributed by atoms with van der Waals surface area (Å²) in [5, 5.41) is 4.76. The van der Waals surface area contributed by atoms with Gasteiger partial charge < -0.3 is 16.4 Å². The highest BCUT2D eigenvalue weighted by Gasteiger charge is 2.42. The van der Waals surface area contributed by atoms with Gasteiger partial charge in [0.15, 0.2) is 0 Å². The molecule has 1 aliphatic heterocycles. The zero-order chi connectivity index (χ0) is 13.1. The third-order valence-electron chi connectivity index (χ3n) is 2.63. The Labute approximate surface area is 95.9 Å². The molecular weight excluding hydrogens is 239 g/mol. The molecule has 17 heavy (non-hydrogen) atoms. The van der Waals surface area contributed by atoms with E-state index in [-0.39, 0.29) is 25.9 Å². The lowest BCUT2D eigenvalue weighted by atomic mass is 9.94. The summed E-state index contributed by atoms with van der Waals surface area (Å²) in [5.41, 5.74) is 4.83. The molecule has 1 saturated heterocycles. The standard InChI is InChI=1S/C9H14F3N3O2/c10-9(11,12)5-1-2-6(14-3-5)8(17)15-4-7(13)16/h5-6,14H,1-4H2,(H2,13,16)(H,15,17). The van der Waals surface area contributed by atoms with Gasteiger partial charge in [-0.1, -0.05) is 0 Å². The molecule has 0 aromatic heterocycles. The smallest absolute Gasteiger partial charge is 0.368 e. The van der Waals surface area contributed by atoms with Crippen molar-refractivity contribution in [2.75, 3.05) is 13.1 Å². The van der Waals surface area contributed by atoms with E-state index in [0.717, 1.165) is 0 Å². The number of nitrogens with one attached hydrogen (secondary N) is 2. The predicted molar refractivity (Wildman–Crippen MR) is 52.8 cm³/mol. The number of halogens is 3. The maximum atomic E-state index is 12.3. The number of primary amides is 1. The number of nitrogens with two attached hydrogens (primary N) is 1. The highest BCUT2D eigenvalue weighted by atomic mass is 19.4. The Bertz CT molecular complexity index is 298. The Morgan fingerprint density at radius 2 is 2.00 bits per heavy atom. The summed E-state index contributed by atoms with van der Waals surface area (Å²) in [6.07, 6.45) is -4.23. The lowest BCUT2D eigenvalue weighted by molar-refractivity contribution is -0.180. The van der Waals surface area contributed by atoms with E-state index < -0.39 is 30.0 Å². The molecular formula is C9H14F3N3O2. The first-order valence-electron chi connectivity index (χ1n) is 5.17. The van der Waals surface area contributed by atoms with Crippen LogP contribution in [0, 0.1) is 5.92 Å². The SMILES string of the molecule is NC(=O)CNC(=O)C1CCC(C(F)(F)F)CN1. The molecule has 1 fully saturated rings. The Morgan fingerprint density at radius 1 is 1.35 bits per heavy atom. The number of carbonyl (C=O) groups excluding carboxylic acids is 2. The minimum absolute atomic E-state index is 0.0920. The van der Waals surface area contributed by atoms with E-state index in [9.17, 15) is 22.8 Å². The maximum absolute atomic E-state index is 12.3. The van der Waals surface area contributed by atoms with Crippen LogP contribution in [0.1, 0.15) is 12.8 Å². The molecule has 2 unspecified atom stereocenters. The van der Waals surface area contributed by atoms with Crippen molar-refractivity contribution in [2.24, 2.45) is 11.7 Å². The predicted octanol–water partition coefficient (Wildman–Crippen LogP) is -0.482. The molecule has 5 nitrogen and oxygen atoms in total. The van der Waals surface area contributed by atoms with Gasteiger partial charge in [-0.3, -0.25) is 9.59 Å². The summed E-state index contributed by atoms with van der Waals surface area (Å²) in [7, 11) is 0. The summed E-state index contributed by atoms with van der Waals surface area (Å²) < 4.78 is 37.0. The first kappa shape index (κ1) is 13.8. The van der Waals surface area contributed by atoms with Crippen molar-refractivity contribution in [3.8, 4) is 0 Å². The lowest BCUT2D eigenvalue weighted by Gasteiger charge is -2.30. The van der Waals surface area contributed by atoms with Gasteiger partial charge in [-0.05, 0) is 12.8 Å². The van der Waals surface area contributed by atoms with Crippen LogP contribution >= 0.6 is 0 Å². The molecule has 1 heterocycles. The summed E-state index contributed by atoms with van der Waals surface area (Å²) in [5.74, 6) is -2.60. The fraction of sp³-hybridized carbons (Fsp3) is 0.778. The topological polar surface area (TPSA) is 84.2 Å². The van der Waals surface area contributed by atoms with Gasteiger partial charge in [-0.15, -0.1) is 0 Å². The van der Waals surface area contributed by atoms with Crippen LogP contribution in [0.4, 0.5) is 13.2 Å². The number of alkyl halides is 3. The molecule has 98 valence electrons. The zero-order valence-electron chi connectivity index (χ0n) is 9.01. The van der Waals surface area contributed by atoms with Gasteiger partial charge in [0, 0.05) is 6.54 Å². The molecule has 4 N–H and O–H groups in total. The van der Waals surface area contributed by atoms with Crippen molar-refractivity contribution in [3.63, 3.8) is 0 Å². The number of piperidine rings is 1. The monoisotopic (exact) mass is 253 g/mol. The van der Waals surface area contributed by atoms with Crippen LogP contribution in [0.5, 0.6) is 0 Å². The number of amides is 2. The third-order valence-corrected chi connectivity index (χ3v) is 2.63. The fourth-order valence-electron chi connectivity index (χ4n) is 1.66. The minimum Gasteiger partial charge on any atom is -0.368 e. The van der Waals surface area contributed by atoms with E-state index in [0.29, 0.717) is 0 Å². The Morgan fingerprint density at radius 3 is 2.41 bits per heavy atom. The number of hydrogen-bond acceptors (Lipinski definition) is 3. The van der Waals surface area contributed by atoms with Crippen molar-refractivity contribution < 1.29 is 22.8 Å². The van der Waals surface area contributed by atoms with Gasteiger partial charge in [0.05, 0.1) is 18.5 Å². The van der Waals surface area contributed by atoms with Crippen LogP contribution in [0.25, 0.3) is 0 Å². The molecule has 0 spiro atoms. The summed E-state index contributed by atoms with van der Waals surface area (Å²) in [6.45, 7) is -0.585. The molecule has 1 rings (SSSR count). The van der Waals surface area contributed by atoms with Crippen LogP contribution in [-0.4, -0.2) is 37.1 Å². The molecule has 0 aromatic rings. The van der Waals surface area contributed by atoms with E-state index >= 15 is 0 Å². The molecule has 0 saturated carbocycles. The van der Waals surface area contributed by atoms with Crippen molar-refractivity contribution in [3.05, 3.63) is 0 Å². The van der Waals surface area contributed by atoms with Gasteiger partial charge in [0.1, 0.15) is 0 Å². The Balaban J connectivity index is 2.36. The lowest BCUT2D eigenvalue weighted by Crippen LogP contribution is -2.52. The van der Waals surface area contributed by atoms with E-state index in [1.807, 2.05) is 0 Å². The van der Waals surface area contributed by atoms with Crippen molar-refractivity contribution in [1.82, 2.24) is 10.6 Å². The normalized spacial score (nSPS) is 25.4. The second kappa shape index (κ2) is 5.35. The van der Waals surface area contributed by atoms with Gasteiger partial charge in [-0.2, -0.15) is 13.2 Å². The molecule has 0 aliphatic carbocycles. The van der Waals surface area contributed by atoms with Crippen LogP contribution < -0.4 is 16.4 Å². The summed E-state index contributed by atoms with van der Waals surface area (Å²) in [4.78, 5) is 21.8. The highest BCUT2D eigenvalue weighted by molar-refractivity contribution is 5.86. The van der Waals surface area contributed by atoms with E-state index in [2.05, 4.69) is 10.6 Å². The average molecular weight is 253 g/mol. The molecule has 0 bridgehead atoms. The molecule has 0 aromatic carbocycles. The van der Waals surface area contributed by atoms with Crippen LogP contribution in [0.15, 0.2) is 0 Å². The second-order valence-electron chi connectivity index (χ2n) is 3.96.